The van der Waals surface area contributed by atoms with E-state index >= 15 is 0 Å². The number of hydrogen-bond acceptors (Lipinski definition) is 2. The van der Waals surface area contributed by atoms with Gasteiger partial charge >= 0.3 is 0 Å². The minimum atomic E-state index is -0.642. The predicted octanol–water partition coefficient (Wildman–Crippen LogP) is 4.22. The molecule has 118 valence electrons. The lowest BCUT2D eigenvalue weighted by Gasteiger charge is -2.46. The van der Waals surface area contributed by atoms with Crippen LogP contribution in [0, 0.1) is 17.0 Å². The van der Waals surface area contributed by atoms with E-state index in [4.69, 9.17) is 11.6 Å². The maximum absolute atomic E-state index is 14.2. The van der Waals surface area contributed by atoms with Crippen LogP contribution in [0.5, 0.6) is 0 Å². The van der Waals surface area contributed by atoms with E-state index in [1.807, 2.05) is 4.90 Å². The first-order valence-electron chi connectivity index (χ1n) is 7.38. The Morgan fingerprint density at radius 1 is 1.33 bits per heavy atom. The first kappa shape index (κ1) is 16.5. The van der Waals surface area contributed by atoms with Crippen molar-refractivity contribution in [2.75, 3.05) is 18.0 Å². The van der Waals surface area contributed by atoms with Crippen LogP contribution in [-0.4, -0.2) is 25.2 Å². The lowest BCUT2D eigenvalue weighted by Crippen LogP contribution is -2.60. The Morgan fingerprint density at radius 2 is 2.00 bits per heavy atom. The van der Waals surface area contributed by atoms with E-state index in [2.05, 4.69) is 33.0 Å². The smallest absolute Gasteiger partial charge is 0.150 e. The molecule has 1 aromatic carbocycles. The highest BCUT2D eigenvalue weighted by molar-refractivity contribution is 6.33. The van der Waals surface area contributed by atoms with E-state index in [1.165, 1.54) is 6.07 Å². The number of rotatable bonds is 2. The fourth-order valence-electron chi connectivity index (χ4n) is 2.83. The molecular formula is C16H23ClF2N2. The molecule has 2 atom stereocenters. The summed E-state index contributed by atoms with van der Waals surface area (Å²) in [4.78, 5) is 1.99. The molecule has 2 rings (SSSR count). The average molecular weight is 317 g/mol. The highest BCUT2D eigenvalue weighted by atomic mass is 35.5. The number of hydrogen-bond donors (Lipinski definition) is 1. The molecule has 21 heavy (non-hydrogen) atoms. The minimum absolute atomic E-state index is 0.0555. The second-order valence-corrected chi connectivity index (χ2v) is 7.17. The Kier molecular flexibility index (Phi) is 4.79. The van der Waals surface area contributed by atoms with Crippen molar-refractivity contribution >= 4 is 17.3 Å². The summed E-state index contributed by atoms with van der Waals surface area (Å²) in [6.45, 7) is 9.94. The van der Waals surface area contributed by atoms with Gasteiger partial charge in [-0.15, -0.1) is 0 Å². The Morgan fingerprint density at radius 3 is 2.52 bits per heavy atom. The normalized spacial score (nSPS) is 23.5. The van der Waals surface area contributed by atoms with Crippen molar-refractivity contribution in [3.05, 3.63) is 28.8 Å². The minimum Gasteiger partial charge on any atom is -0.362 e. The molecule has 1 heterocycles. The van der Waals surface area contributed by atoms with Crippen LogP contribution in [-0.2, 0) is 0 Å². The topological polar surface area (TPSA) is 15.3 Å². The van der Waals surface area contributed by atoms with Crippen LogP contribution in [0.15, 0.2) is 12.1 Å². The second-order valence-electron chi connectivity index (χ2n) is 6.76. The quantitative estimate of drug-likeness (QED) is 0.878. The molecule has 2 nitrogen and oxygen atoms in total. The van der Waals surface area contributed by atoms with Crippen molar-refractivity contribution in [1.29, 1.82) is 0 Å². The predicted molar refractivity (Wildman–Crippen MR) is 84.0 cm³/mol. The van der Waals surface area contributed by atoms with E-state index in [0.717, 1.165) is 19.0 Å². The van der Waals surface area contributed by atoms with Gasteiger partial charge in [-0.1, -0.05) is 39.3 Å². The third-order valence-corrected chi connectivity index (χ3v) is 4.49. The van der Waals surface area contributed by atoms with Crippen molar-refractivity contribution in [3.63, 3.8) is 0 Å². The van der Waals surface area contributed by atoms with Crippen LogP contribution in [0.1, 0.15) is 34.1 Å². The van der Waals surface area contributed by atoms with Gasteiger partial charge in [-0.2, -0.15) is 0 Å². The van der Waals surface area contributed by atoms with Gasteiger partial charge in [0.1, 0.15) is 5.82 Å². The monoisotopic (exact) mass is 316 g/mol. The lowest BCUT2D eigenvalue weighted by molar-refractivity contribution is 0.233. The molecule has 1 fully saturated rings. The van der Waals surface area contributed by atoms with Gasteiger partial charge < -0.3 is 10.2 Å². The average Bonchev–Trinajstić information content (AvgIpc) is 2.36. The summed E-state index contributed by atoms with van der Waals surface area (Å²) in [5.41, 5.74) is 0.376. The van der Waals surface area contributed by atoms with Crippen molar-refractivity contribution in [1.82, 2.24) is 5.32 Å². The molecule has 0 aromatic heterocycles. The lowest BCUT2D eigenvalue weighted by atomic mass is 9.84. The zero-order valence-electron chi connectivity index (χ0n) is 13.0. The molecule has 0 amide bonds. The zero-order chi connectivity index (χ0) is 15.8. The van der Waals surface area contributed by atoms with Crippen LogP contribution in [0.4, 0.5) is 14.5 Å². The molecule has 0 saturated carbocycles. The summed E-state index contributed by atoms with van der Waals surface area (Å²) >= 11 is 6.11. The van der Waals surface area contributed by atoms with Gasteiger partial charge in [0, 0.05) is 31.2 Å². The molecule has 1 aliphatic heterocycles. The maximum Gasteiger partial charge on any atom is 0.150 e. The molecule has 1 N–H and O–H groups in total. The van der Waals surface area contributed by atoms with Crippen LogP contribution >= 0.6 is 11.6 Å². The number of piperazine rings is 1. The molecule has 0 aliphatic carbocycles. The Balaban J connectivity index is 2.38. The fourth-order valence-corrected chi connectivity index (χ4v) is 3.13. The summed E-state index contributed by atoms with van der Waals surface area (Å²) in [6, 6.07) is 2.46. The highest BCUT2D eigenvalue weighted by Crippen LogP contribution is 2.35. The van der Waals surface area contributed by atoms with Crippen LogP contribution in [0.2, 0.25) is 5.02 Å². The van der Waals surface area contributed by atoms with Crippen LogP contribution in [0.3, 0.4) is 0 Å². The van der Waals surface area contributed by atoms with Gasteiger partial charge in [-0.3, -0.25) is 0 Å². The summed E-state index contributed by atoms with van der Waals surface area (Å²) in [5.74, 6) is -1.23. The molecule has 1 saturated heterocycles. The molecular weight excluding hydrogens is 294 g/mol. The van der Waals surface area contributed by atoms with Gasteiger partial charge in [0.05, 0.1) is 10.7 Å². The maximum atomic E-state index is 14.2. The second kappa shape index (κ2) is 6.09. The molecule has 5 heteroatoms. The van der Waals surface area contributed by atoms with E-state index in [9.17, 15) is 8.78 Å². The van der Waals surface area contributed by atoms with Crippen LogP contribution in [0.25, 0.3) is 0 Å². The molecule has 0 bridgehead atoms. The van der Waals surface area contributed by atoms with Gasteiger partial charge in [0.2, 0.25) is 0 Å². The first-order valence-corrected chi connectivity index (χ1v) is 7.76. The standard InChI is InChI=1S/C16H23ClF2N2/c1-5-11-8-20-14(16(2,3)4)9-21(11)15-12(17)6-10(18)7-13(15)19/h6-7,11,14,20H,5,8-9H2,1-4H3. The van der Waals surface area contributed by atoms with E-state index in [1.54, 1.807) is 0 Å². The summed E-state index contributed by atoms with van der Waals surface area (Å²) < 4.78 is 27.5. The van der Waals surface area contributed by atoms with Gasteiger partial charge in [0.15, 0.2) is 5.82 Å². The van der Waals surface area contributed by atoms with Gasteiger partial charge in [-0.25, -0.2) is 8.78 Å². The Bertz CT molecular complexity index is 490. The number of halogens is 3. The SMILES string of the molecule is CCC1CNC(C(C)(C)C)CN1c1c(F)cc(F)cc1Cl. The van der Waals surface area contributed by atoms with Crippen molar-refractivity contribution < 1.29 is 8.78 Å². The molecule has 0 spiro atoms. The van der Waals surface area contributed by atoms with Crippen molar-refractivity contribution in [3.8, 4) is 0 Å². The van der Waals surface area contributed by atoms with Crippen molar-refractivity contribution in [2.24, 2.45) is 5.41 Å². The van der Waals surface area contributed by atoms with E-state index < -0.39 is 11.6 Å². The number of anilines is 1. The Hall–Kier alpha value is -0.870. The highest BCUT2D eigenvalue weighted by Gasteiger charge is 2.35. The number of nitrogens with one attached hydrogen (secondary N) is 1. The first-order chi connectivity index (χ1) is 9.74. The third-order valence-electron chi connectivity index (χ3n) is 4.21. The zero-order valence-corrected chi connectivity index (χ0v) is 13.8. The molecule has 1 aliphatic rings. The summed E-state index contributed by atoms with van der Waals surface area (Å²) in [6.07, 6.45) is 0.872. The van der Waals surface area contributed by atoms with Gasteiger partial charge in [0.25, 0.3) is 0 Å². The number of benzene rings is 1. The molecule has 2 unspecified atom stereocenters. The van der Waals surface area contributed by atoms with E-state index in [-0.39, 0.29) is 22.5 Å². The van der Waals surface area contributed by atoms with Crippen molar-refractivity contribution in [2.45, 2.75) is 46.2 Å². The third kappa shape index (κ3) is 3.49. The van der Waals surface area contributed by atoms with Crippen LogP contribution < -0.4 is 10.2 Å². The largest absolute Gasteiger partial charge is 0.362 e. The number of nitrogens with zero attached hydrogens (tertiary/aromatic N) is 1. The molecule has 0 radical (unpaired) electrons. The fraction of sp³-hybridized carbons (Fsp3) is 0.625. The van der Waals surface area contributed by atoms with E-state index in [0.29, 0.717) is 12.2 Å². The summed E-state index contributed by atoms with van der Waals surface area (Å²) in [7, 11) is 0. The Labute approximate surface area is 130 Å². The molecule has 1 aromatic rings. The van der Waals surface area contributed by atoms with Gasteiger partial charge in [-0.05, 0) is 17.9 Å². The summed E-state index contributed by atoms with van der Waals surface area (Å²) in [5, 5.41) is 3.67.